The maximum atomic E-state index is 5.91. The molecule has 1 aromatic rings. The molecule has 0 aromatic heterocycles. The molecule has 0 saturated heterocycles. The fourth-order valence-corrected chi connectivity index (χ4v) is 1.41. The molecule has 15 heavy (non-hydrogen) atoms. The predicted molar refractivity (Wildman–Crippen MR) is 61.3 cm³/mol. The standard InChI is InChI=1S/C11H18N2O2/c1-13(2)7-8-5-10(14-3)11(15-4)6-9(8)12/h5-6H,7,12H2,1-4H3. The van der Waals surface area contributed by atoms with Crippen LogP contribution in [0.25, 0.3) is 0 Å². The van der Waals surface area contributed by atoms with Crippen LogP contribution in [0, 0.1) is 0 Å². The first-order valence-electron chi connectivity index (χ1n) is 4.73. The van der Waals surface area contributed by atoms with E-state index < -0.39 is 0 Å². The second-order valence-electron chi connectivity index (χ2n) is 3.64. The molecule has 0 amide bonds. The summed E-state index contributed by atoms with van der Waals surface area (Å²) < 4.78 is 10.4. The average molecular weight is 210 g/mol. The zero-order valence-electron chi connectivity index (χ0n) is 9.70. The highest BCUT2D eigenvalue weighted by molar-refractivity contribution is 5.57. The zero-order valence-corrected chi connectivity index (χ0v) is 9.70. The minimum atomic E-state index is 0.664. The van der Waals surface area contributed by atoms with Gasteiger partial charge in [-0.15, -0.1) is 0 Å². The Labute approximate surface area is 90.6 Å². The highest BCUT2D eigenvalue weighted by Gasteiger charge is 2.09. The van der Waals surface area contributed by atoms with Crippen molar-refractivity contribution in [1.82, 2.24) is 4.90 Å². The van der Waals surface area contributed by atoms with Crippen LogP contribution in [0.4, 0.5) is 5.69 Å². The first-order valence-corrected chi connectivity index (χ1v) is 4.73. The van der Waals surface area contributed by atoms with Gasteiger partial charge in [-0.25, -0.2) is 0 Å². The predicted octanol–water partition coefficient (Wildman–Crippen LogP) is 1.35. The maximum Gasteiger partial charge on any atom is 0.162 e. The molecule has 0 fully saturated rings. The van der Waals surface area contributed by atoms with Gasteiger partial charge in [-0.3, -0.25) is 0 Å². The molecule has 0 saturated carbocycles. The van der Waals surface area contributed by atoms with Gasteiger partial charge in [0.1, 0.15) is 0 Å². The van der Waals surface area contributed by atoms with Gasteiger partial charge < -0.3 is 20.1 Å². The molecule has 0 bridgehead atoms. The maximum absolute atomic E-state index is 5.91. The third-order valence-corrected chi connectivity index (χ3v) is 2.13. The fraction of sp³-hybridized carbons (Fsp3) is 0.455. The summed E-state index contributed by atoms with van der Waals surface area (Å²) in [6.07, 6.45) is 0. The number of hydrogen-bond acceptors (Lipinski definition) is 4. The van der Waals surface area contributed by atoms with Crippen LogP contribution in [-0.2, 0) is 6.54 Å². The average Bonchev–Trinajstić information content (AvgIpc) is 2.19. The minimum Gasteiger partial charge on any atom is -0.493 e. The molecular weight excluding hydrogens is 192 g/mol. The van der Waals surface area contributed by atoms with Gasteiger partial charge in [-0.05, 0) is 25.7 Å². The van der Waals surface area contributed by atoms with Crippen LogP contribution in [0.5, 0.6) is 11.5 Å². The van der Waals surface area contributed by atoms with Crippen molar-refractivity contribution in [3.8, 4) is 11.5 Å². The Kier molecular flexibility index (Phi) is 3.80. The highest BCUT2D eigenvalue weighted by Crippen LogP contribution is 2.32. The molecular formula is C11H18N2O2. The van der Waals surface area contributed by atoms with Gasteiger partial charge in [0.25, 0.3) is 0 Å². The smallest absolute Gasteiger partial charge is 0.162 e. The van der Waals surface area contributed by atoms with Crippen LogP contribution >= 0.6 is 0 Å². The van der Waals surface area contributed by atoms with Gasteiger partial charge in [-0.1, -0.05) is 0 Å². The molecule has 0 aliphatic carbocycles. The largest absolute Gasteiger partial charge is 0.493 e. The molecule has 0 aliphatic heterocycles. The number of ether oxygens (including phenoxy) is 2. The van der Waals surface area contributed by atoms with E-state index in [1.807, 2.05) is 20.2 Å². The number of nitrogen functional groups attached to an aromatic ring is 1. The molecule has 0 radical (unpaired) electrons. The Morgan fingerprint density at radius 1 is 1.13 bits per heavy atom. The monoisotopic (exact) mass is 210 g/mol. The van der Waals surface area contributed by atoms with Crippen LogP contribution in [0.15, 0.2) is 12.1 Å². The van der Waals surface area contributed by atoms with E-state index in [0.717, 1.165) is 17.8 Å². The fourth-order valence-electron chi connectivity index (χ4n) is 1.41. The van der Waals surface area contributed by atoms with Crippen LogP contribution in [0.1, 0.15) is 5.56 Å². The van der Waals surface area contributed by atoms with Crippen molar-refractivity contribution in [2.45, 2.75) is 6.54 Å². The Hall–Kier alpha value is -1.42. The van der Waals surface area contributed by atoms with E-state index in [0.29, 0.717) is 11.5 Å². The lowest BCUT2D eigenvalue weighted by atomic mass is 10.1. The number of nitrogens with zero attached hydrogens (tertiary/aromatic N) is 1. The normalized spacial score (nSPS) is 10.5. The molecule has 4 heteroatoms. The summed E-state index contributed by atoms with van der Waals surface area (Å²) in [5, 5.41) is 0. The number of rotatable bonds is 4. The van der Waals surface area contributed by atoms with E-state index >= 15 is 0 Å². The number of benzene rings is 1. The lowest BCUT2D eigenvalue weighted by Crippen LogP contribution is -2.12. The molecule has 0 aliphatic rings. The molecule has 0 atom stereocenters. The molecule has 1 rings (SSSR count). The van der Waals surface area contributed by atoms with E-state index in [1.165, 1.54) is 0 Å². The second kappa shape index (κ2) is 4.89. The quantitative estimate of drug-likeness (QED) is 0.762. The summed E-state index contributed by atoms with van der Waals surface area (Å²) in [7, 11) is 7.21. The second-order valence-corrected chi connectivity index (χ2v) is 3.64. The Morgan fingerprint density at radius 3 is 2.13 bits per heavy atom. The van der Waals surface area contributed by atoms with E-state index in [9.17, 15) is 0 Å². The Morgan fingerprint density at radius 2 is 1.67 bits per heavy atom. The third kappa shape index (κ3) is 2.76. The van der Waals surface area contributed by atoms with Crippen molar-refractivity contribution >= 4 is 5.69 Å². The van der Waals surface area contributed by atoms with E-state index in [1.54, 1.807) is 20.3 Å². The van der Waals surface area contributed by atoms with E-state index in [2.05, 4.69) is 4.90 Å². The number of anilines is 1. The Balaban J connectivity index is 3.08. The topological polar surface area (TPSA) is 47.7 Å². The SMILES string of the molecule is COc1cc(N)c(CN(C)C)cc1OC. The van der Waals surface area contributed by atoms with Crippen molar-refractivity contribution in [1.29, 1.82) is 0 Å². The van der Waals surface area contributed by atoms with E-state index in [4.69, 9.17) is 15.2 Å². The van der Waals surface area contributed by atoms with Crippen molar-refractivity contribution in [3.05, 3.63) is 17.7 Å². The minimum absolute atomic E-state index is 0.664. The van der Waals surface area contributed by atoms with Crippen molar-refractivity contribution in [2.75, 3.05) is 34.0 Å². The molecule has 2 N–H and O–H groups in total. The molecule has 0 spiro atoms. The van der Waals surface area contributed by atoms with Gasteiger partial charge in [0.05, 0.1) is 14.2 Å². The van der Waals surface area contributed by atoms with Crippen LogP contribution < -0.4 is 15.2 Å². The molecule has 0 unspecified atom stereocenters. The highest BCUT2D eigenvalue weighted by atomic mass is 16.5. The van der Waals surface area contributed by atoms with Crippen molar-refractivity contribution in [3.63, 3.8) is 0 Å². The summed E-state index contributed by atoms with van der Waals surface area (Å²) in [5.41, 5.74) is 7.67. The molecule has 4 nitrogen and oxygen atoms in total. The van der Waals surface area contributed by atoms with Gasteiger partial charge in [0, 0.05) is 18.3 Å². The lowest BCUT2D eigenvalue weighted by Gasteiger charge is -2.15. The molecule has 1 aromatic carbocycles. The number of methoxy groups -OCH3 is 2. The van der Waals surface area contributed by atoms with Gasteiger partial charge in [0.2, 0.25) is 0 Å². The summed E-state index contributed by atoms with van der Waals surface area (Å²) in [6, 6.07) is 3.70. The summed E-state index contributed by atoms with van der Waals surface area (Å²) in [6.45, 7) is 0.784. The summed E-state index contributed by atoms with van der Waals surface area (Å²) in [5.74, 6) is 1.38. The van der Waals surface area contributed by atoms with Crippen LogP contribution in [0.2, 0.25) is 0 Å². The number of hydrogen-bond donors (Lipinski definition) is 1. The summed E-state index contributed by atoms with van der Waals surface area (Å²) >= 11 is 0. The third-order valence-electron chi connectivity index (χ3n) is 2.13. The van der Waals surface area contributed by atoms with E-state index in [-0.39, 0.29) is 0 Å². The van der Waals surface area contributed by atoms with Gasteiger partial charge in [-0.2, -0.15) is 0 Å². The van der Waals surface area contributed by atoms with Crippen molar-refractivity contribution in [2.24, 2.45) is 0 Å². The first kappa shape index (κ1) is 11.7. The summed E-state index contributed by atoms with van der Waals surface area (Å²) in [4.78, 5) is 2.05. The van der Waals surface area contributed by atoms with Gasteiger partial charge >= 0.3 is 0 Å². The number of nitrogens with two attached hydrogens (primary N) is 1. The Bertz CT molecular complexity index is 338. The van der Waals surface area contributed by atoms with Crippen molar-refractivity contribution < 1.29 is 9.47 Å². The molecule has 0 heterocycles. The van der Waals surface area contributed by atoms with Crippen LogP contribution in [-0.4, -0.2) is 33.2 Å². The zero-order chi connectivity index (χ0) is 11.4. The lowest BCUT2D eigenvalue weighted by molar-refractivity contribution is 0.352. The van der Waals surface area contributed by atoms with Crippen LogP contribution in [0.3, 0.4) is 0 Å². The first-order chi connectivity index (χ1) is 7.08. The molecule has 84 valence electrons. The van der Waals surface area contributed by atoms with Gasteiger partial charge in [0.15, 0.2) is 11.5 Å².